The van der Waals surface area contributed by atoms with Crippen molar-refractivity contribution in [3.05, 3.63) is 23.0 Å². The van der Waals surface area contributed by atoms with Crippen LogP contribution in [0.1, 0.15) is 6.42 Å². The predicted molar refractivity (Wildman–Crippen MR) is 47.5 cm³/mol. The number of hydrogen-bond donors (Lipinski definition) is 2. The highest BCUT2D eigenvalue weighted by atomic mass is 16.4. The van der Waals surface area contributed by atoms with Crippen molar-refractivity contribution in [1.29, 1.82) is 0 Å². The zero-order chi connectivity index (χ0) is 9.42. The number of aliphatic carboxylic acids is 1. The average Bonchev–Trinajstić information content (AvgIpc) is 2.48. The van der Waals surface area contributed by atoms with Gasteiger partial charge in [-0.3, -0.25) is 0 Å². The number of aliphatic imine (C=N–C) groups is 2. The molecule has 0 atom stereocenters. The number of carboxylic acid groups (broad SMARTS) is 1. The minimum atomic E-state index is -1.02. The molecule has 2 rings (SSSR count). The summed E-state index contributed by atoms with van der Waals surface area (Å²) in [5.41, 5.74) is 7.35. The molecule has 2 aliphatic rings. The Morgan fingerprint density at radius 1 is 1.62 bits per heavy atom. The minimum Gasteiger partial charge on any atom is -0.478 e. The van der Waals surface area contributed by atoms with Crippen molar-refractivity contribution < 1.29 is 9.90 Å². The van der Waals surface area contributed by atoms with Crippen LogP contribution in [0.2, 0.25) is 0 Å². The van der Waals surface area contributed by atoms with Gasteiger partial charge >= 0.3 is 5.97 Å². The maximum Gasteiger partial charge on any atom is 0.337 e. The lowest BCUT2D eigenvalue weighted by Gasteiger charge is -2.11. The van der Waals surface area contributed by atoms with Crippen molar-refractivity contribution in [2.24, 2.45) is 15.7 Å². The van der Waals surface area contributed by atoms with Crippen LogP contribution in [0.5, 0.6) is 0 Å². The van der Waals surface area contributed by atoms with E-state index in [0.717, 1.165) is 5.71 Å². The average molecular weight is 177 g/mol. The first-order valence-corrected chi connectivity index (χ1v) is 3.71. The summed E-state index contributed by atoms with van der Waals surface area (Å²) in [4.78, 5) is 18.5. The van der Waals surface area contributed by atoms with E-state index in [-0.39, 0.29) is 5.57 Å². The third-order valence-electron chi connectivity index (χ3n) is 1.92. The van der Waals surface area contributed by atoms with Gasteiger partial charge in [0.15, 0.2) is 0 Å². The third kappa shape index (κ3) is 1.14. The molecule has 0 fully saturated rings. The van der Waals surface area contributed by atoms with Crippen molar-refractivity contribution in [3.63, 3.8) is 0 Å². The van der Waals surface area contributed by atoms with E-state index >= 15 is 0 Å². The molecule has 0 aromatic heterocycles. The smallest absolute Gasteiger partial charge is 0.337 e. The zero-order valence-corrected chi connectivity index (χ0v) is 6.69. The second-order valence-corrected chi connectivity index (χ2v) is 2.77. The Balaban J connectivity index is 2.45. The number of carbonyl (C=O) groups is 1. The largest absolute Gasteiger partial charge is 0.478 e. The fourth-order valence-electron chi connectivity index (χ4n) is 1.26. The van der Waals surface area contributed by atoms with E-state index in [4.69, 9.17) is 10.8 Å². The highest BCUT2D eigenvalue weighted by Gasteiger charge is 2.22. The van der Waals surface area contributed by atoms with Gasteiger partial charge in [0.1, 0.15) is 6.34 Å². The quantitative estimate of drug-likeness (QED) is 0.593. The Morgan fingerprint density at radius 3 is 3.08 bits per heavy atom. The molecular weight excluding hydrogens is 170 g/mol. The Labute approximate surface area is 74.0 Å². The molecule has 0 amide bonds. The van der Waals surface area contributed by atoms with E-state index < -0.39 is 5.97 Å². The number of hydrogen-bond acceptors (Lipinski definition) is 4. The van der Waals surface area contributed by atoms with Crippen LogP contribution in [0.3, 0.4) is 0 Å². The van der Waals surface area contributed by atoms with Crippen LogP contribution >= 0.6 is 0 Å². The molecule has 0 saturated heterocycles. The molecule has 0 unspecified atom stereocenters. The van der Waals surface area contributed by atoms with Crippen LogP contribution in [0.4, 0.5) is 0 Å². The lowest BCUT2D eigenvalue weighted by atomic mass is 10.00. The van der Waals surface area contributed by atoms with Crippen molar-refractivity contribution in [3.8, 4) is 0 Å². The summed E-state index contributed by atoms with van der Waals surface area (Å²) < 4.78 is 0. The molecule has 1 heterocycles. The topological polar surface area (TPSA) is 88.0 Å². The van der Waals surface area contributed by atoms with Crippen LogP contribution in [0.15, 0.2) is 33.0 Å². The van der Waals surface area contributed by atoms with Gasteiger partial charge in [-0.25, -0.2) is 14.8 Å². The van der Waals surface area contributed by atoms with Gasteiger partial charge in [-0.2, -0.15) is 0 Å². The van der Waals surface area contributed by atoms with Crippen molar-refractivity contribution in [1.82, 2.24) is 0 Å². The van der Waals surface area contributed by atoms with Crippen LogP contribution in [0, 0.1) is 0 Å². The monoisotopic (exact) mass is 177 g/mol. The van der Waals surface area contributed by atoms with Crippen LogP contribution in [-0.4, -0.2) is 23.1 Å². The number of nitrogens with two attached hydrogens (primary N) is 1. The first kappa shape index (κ1) is 7.72. The van der Waals surface area contributed by atoms with Crippen molar-refractivity contribution in [2.45, 2.75) is 6.42 Å². The molecule has 3 N–H and O–H groups in total. The van der Waals surface area contributed by atoms with Gasteiger partial charge in [0, 0.05) is 12.1 Å². The molecule has 1 aliphatic heterocycles. The Bertz CT molecular complexity index is 402. The van der Waals surface area contributed by atoms with Gasteiger partial charge < -0.3 is 10.8 Å². The molecule has 0 aromatic rings. The SMILES string of the molecule is NC1=C(C(=O)O)C=C2N=CN=C2C1. The molecule has 13 heavy (non-hydrogen) atoms. The van der Waals surface area contributed by atoms with E-state index in [9.17, 15) is 4.79 Å². The summed E-state index contributed by atoms with van der Waals surface area (Å²) >= 11 is 0. The normalized spacial score (nSPS) is 19.7. The van der Waals surface area contributed by atoms with Crippen LogP contribution < -0.4 is 5.73 Å². The van der Waals surface area contributed by atoms with Gasteiger partial charge in [0.05, 0.1) is 17.0 Å². The maximum atomic E-state index is 10.7. The standard InChI is InChI=1S/C8H7N3O2/c9-5-2-7-6(10-3-11-7)1-4(5)8(12)13/h1,3H,2,9H2,(H,12,13). The van der Waals surface area contributed by atoms with Crippen LogP contribution in [-0.2, 0) is 4.79 Å². The molecule has 0 saturated carbocycles. The summed E-state index contributed by atoms with van der Waals surface area (Å²) in [5.74, 6) is -1.02. The summed E-state index contributed by atoms with van der Waals surface area (Å²) in [7, 11) is 0. The fourth-order valence-corrected chi connectivity index (χ4v) is 1.26. The van der Waals surface area contributed by atoms with Crippen LogP contribution in [0.25, 0.3) is 0 Å². The number of nitrogens with zero attached hydrogens (tertiary/aromatic N) is 2. The van der Waals surface area contributed by atoms with Gasteiger partial charge in [-0.15, -0.1) is 0 Å². The molecule has 0 bridgehead atoms. The zero-order valence-electron chi connectivity index (χ0n) is 6.69. The Kier molecular flexibility index (Phi) is 1.51. The second-order valence-electron chi connectivity index (χ2n) is 2.77. The number of allylic oxidation sites excluding steroid dienone is 2. The molecule has 1 aliphatic carbocycles. The summed E-state index contributed by atoms with van der Waals surface area (Å²) in [6, 6.07) is 0. The number of carboxylic acids is 1. The minimum absolute atomic E-state index is 0.119. The van der Waals surface area contributed by atoms with E-state index in [1.54, 1.807) is 0 Å². The molecule has 66 valence electrons. The van der Waals surface area contributed by atoms with Gasteiger partial charge in [-0.05, 0) is 6.08 Å². The molecule has 0 radical (unpaired) electrons. The van der Waals surface area contributed by atoms with E-state index in [1.807, 2.05) is 0 Å². The number of fused-ring (bicyclic) bond motifs is 1. The van der Waals surface area contributed by atoms with Crippen molar-refractivity contribution >= 4 is 18.0 Å². The lowest BCUT2D eigenvalue weighted by molar-refractivity contribution is -0.132. The Morgan fingerprint density at radius 2 is 2.38 bits per heavy atom. The van der Waals surface area contributed by atoms with Gasteiger partial charge in [0.2, 0.25) is 0 Å². The molecular formula is C8H7N3O2. The summed E-state index contributed by atoms with van der Waals surface area (Å²) in [5, 5.41) is 8.75. The van der Waals surface area contributed by atoms with E-state index in [0.29, 0.717) is 17.8 Å². The summed E-state index contributed by atoms with van der Waals surface area (Å²) in [6.07, 6.45) is 3.22. The first-order chi connectivity index (χ1) is 6.18. The van der Waals surface area contributed by atoms with Gasteiger partial charge in [-0.1, -0.05) is 0 Å². The first-order valence-electron chi connectivity index (χ1n) is 3.71. The highest BCUT2D eigenvalue weighted by Crippen LogP contribution is 2.22. The number of rotatable bonds is 1. The van der Waals surface area contributed by atoms with E-state index in [1.165, 1.54) is 12.4 Å². The molecule has 0 spiro atoms. The maximum absolute atomic E-state index is 10.7. The summed E-state index contributed by atoms with van der Waals surface area (Å²) in [6.45, 7) is 0. The fraction of sp³-hybridized carbons (Fsp3) is 0.125. The highest BCUT2D eigenvalue weighted by molar-refractivity contribution is 6.12. The molecule has 5 nitrogen and oxygen atoms in total. The third-order valence-corrected chi connectivity index (χ3v) is 1.92. The predicted octanol–water partition coefficient (Wildman–Crippen LogP) is 0.0543. The lowest BCUT2D eigenvalue weighted by Crippen LogP contribution is -2.17. The van der Waals surface area contributed by atoms with Crippen molar-refractivity contribution in [2.75, 3.05) is 0 Å². The second kappa shape index (κ2) is 2.55. The molecule has 0 aromatic carbocycles. The van der Waals surface area contributed by atoms with E-state index in [2.05, 4.69) is 9.98 Å². The molecule has 5 heteroatoms. The Hall–Kier alpha value is -1.91. The van der Waals surface area contributed by atoms with Gasteiger partial charge in [0.25, 0.3) is 0 Å².